The summed E-state index contributed by atoms with van der Waals surface area (Å²) in [5, 5.41) is 3.59. The number of piperazine rings is 1. The molecular formula is C30H33ClF5N7O. The fourth-order valence-electron chi connectivity index (χ4n) is 7.75. The summed E-state index contributed by atoms with van der Waals surface area (Å²) in [4.78, 5) is 17.1. The molecule has 4 saturated heterocycles. The molecule has 1 aromatic carbocycles. The molecule has 2 aromatic heterocycles. The first-order valence-electron chi connectivity index (χ1n) is 15.0. The highest BCUT2D eigenvalue weighted by molar-refractivity contribution is 6.34. The van der Waals surface area contributed by atoms with Crippen LogP contribution < -0.4 is 20.7 Å². The Morgan fingerprint density at radius 2 is 1.86 bits per heavy atom. The van der Waals surface area contributed by atoms with Gasteiger partial charge in [0.2, 0.25) is 0 Å². The van der Waals surface area contributed by atoms with E-state index < -0.39 is 40.5 Å². The number of piperidine rings is 1. The van der Waals surface area contributed by atoms with Crippen LogP contribution in [-0.4, -0.2) is 76.4 Å². The van der Waals surface area contributed by atoms with Gasteiger partial charge in [-0.05, 0) is 56.8 Å². The highest BCUT2D eigenvalue weighted by atomic mass is 35.5. The van der Waals surface area contributed by atoms with Crippen molar-refractivity contribution in [1.29, 1.82) is 0 Å². The van der Waals surface area contributed by atoms with Crippen LogP contribution in [0.3, 0.4) is 0 Å². The molecule has 236 valence electrons. The van der Waals surface area contributed by atoms with Crippen LogP contribution in [0.25, 0.3) is 22.2 Å². The fourth-order valence-corrected chi connectivity index (χ4v) is 8.03. The molecular weight excluding hydrogens is 605 g/mol. The number of benzene rings is 1. The number of nitrogens with one attached hydrogen (secondary N) is 1. The van der Waals surface area contributed by atoms with Crippen LogP contribution in [0, 0.1) is 12.7 Å². The van der Waals surface area contributed by atoms with Gasteiger partial charge in [-0.15, -0.1) is 0 Å². The van der Waals surface area contributed by atoms with Gasteiger partial charge in [-0.3, -0.25) is 4.90 Å². The standard InChI is InChI=1S/C30H33ClF5N7O/c1-15-8-21(37)39-26(23(15)30(34,35)36)22-20(31)9-19-25(24(22)33)40-28(44-14-29-6-3-7-43(29)11-16(32)10-29)41-27(19)42-12-17-4-2-5-18(13-42)38-17/h8-9,16-18,38H,2-7,10-14H2,1H3,(H2,37,39)/t16?,17?,18?,29-/m1/s1. The van der Waals surface area contributed by atoms with E-state index in [0.717, 1.165) is 44.7 Å². The third-order valence-corrected chi connectivity index (χ3v) is 9.89. The van der Waals surface area contributed by atoms with Crippen LogP contribution in [0.2, 0.25) is 5.02 Å². The molecule has 4 aliphatic rings. The highest BCUT2D eigenvalue weighted by Gasteiger charge is 2.49. The number of pyridine rings is 1. The lowest BCUT2D eigenvalue weighted by Gasteiger charge is -2.43. The van der Waals surface area contributed by atoms with Crippen LogP contribution in [0.4, 0.5) is 33.6 Å². The van der Waals surface area contributed by atoms with Crippen molar-refractivity contribution in [2.45, 2.75) is 75.4 Å². The summed E-state index contributed by atoms with van der Waals surface area (Å²) < 4.78 is 79.9. The van der Waals surface area contributed by atoms with Crippen molar-refractivity contribution in [2.75, 3.05) is 43.4 Å². The lowest BCUT2D eigenvalue weighted by Crippen LogP contribution is -2.59. The molecule has 0 radical (unpaired) electrons. The largest absolute Gasteiger partial charge is 0.461 e. The van der Waals surface area contributed by atoms with Gasteiger partial charge in [0.15, 0.2) is 5.82 Å². The maximum absolute atomic E-state index is 16.6. The SMILES string of the molecule is Cc1cc(N)nc(-c2c(Cl)cc3c(N4CC5CCCC(C4)N5)nc(OC[C@]45CCCN4CC(F)C5)nc3c2F)c1C(F)(F)F. The van der Waals surface area contributed by atoms with Gasteiger partial charge in [-0.25, -0.2) is 13.8 Å². The summed E-state index contributed by atoms with van der Waals surface area (Å²) in [6.45, 7) is 3.64. The lowest BCUT2D eigenvalue weighted by atomic mass is 9.94. The van der Waals surface area contributed by atoms with Gasteiger partial charge in [0.05, 0.1) is 27.4 Å². The zero-order valence-corrected chi connectivity index (χ0v) is 24.9. The topological polar surface area (TPSA) is 92.4 Å². The summed E-state index contributed by atoms with van der Waals surface area (Å²) >= 11 is 6.59. The molecule has 4 aliphatic heterocycles. The number of nitrogen functional groups attached to an aromatic ring is 1. The second kappa shape index (κ2) is 10.8. The minimum absolute atomic E-state index is 0.113. The highest BCUT2D eigenvalue weighted by Crippen LogP contribution is 2.45. The molecule has 0 spiro atoms. The smallest absolute Gasteiger partial charge is 0.418 e. The molecule has 44 heavy (non-hydrogen) atoms. The molecule has 4 atom stereocenters. The van der Waals surface area contributed by atoms with Gasteiger partial charge in [0.25, 0.3) is 0 Å². The Hall–Kier alpha value is -3.03. The zero-order chi connectivity index (χ0) is 31.0. The van der Waals surface area contributed by atoms with E-state index in [9.17, 15) is 17.6 Å². The van der Waals surface area contributed by atoms with Gasteiger partial charge in [-0.1, -0.05) is 18.0 Å². The second-order valence-corrected chi connectivity index (χ2v) is 13.0. The van der Waals surface area contributed by atoms with Crippen molar-refractivity contribution in [2.24, 2.45) is 0 Å². The number of ether oxygens (including phenoxy) is 1. The molecule has 8 nitrogen and oxygen atoms in total. The van der Waals surface area contributed by atoms with Gasteiger partial charge >= 0.3 is 12.2 Å². The number of halogens is 6. The van der Waals surface area contributed by atoms with Crippen molar-refractivity contribution in [3.8, 4) is 17.3 Å². The average Bonchev–Trinajstić information content (AvgIpc) is 3.46. The van der Waals surface area contributed by atoms with E-state index in [1.165, 1.54) is 13.0 Å². The summed E-state index contributed by atoms with van der Waals surface area (Å²) in [7, 11) is 0. The molecule has 7 rings (SSSR count). The summed E-state index contributed by atoms with van der Waals surface area (Å²) in [6.07, 6.45) is -0.783. The van der Waals surface area contributed by atoms with Crippen LogP contribution >= 0.6 is 11.6 Å². The number of aromatic nitrogens is 3. The Morgan fingerprint density at radius 1 is 1.11 bits per heavy atom. The third kappa shape index (κ3) is 5.10. The van der Waals surface area contributed by atoms with Gasteiger partial charge in [0.1, 0.15) is 29.9 Å². The van der Waals surface area contributed by atoms with Crippen LogP contribution in [0.1, 0.15) is 49.7 Å². The number of fused-ring (bicyclic) bond motifs is 4. The number of alkyl halides is 4. The molecule has 0 aliphatic carbocycles. The molecule has 6 heterocycles. The molecule has 3 aromatic rings. The molecule has 0 saturated carbocycles. The van der Waals surface area contributed by atoms with Gasteiger partial charge < -0.3 is 20.7 Å². The van der Waals surface area contributed by atoms with E-state index in [1.54, 1.807) is 0 Å². The quantitative estimate of drug-likeness (QED) is 0.346. The predicted octanol–water partition coefficient (Wildman–Crippen LogP) is 5.68. The Labute approximate surface area is 256 Å². The van der Waals surface area contributed by atoms with E-state index in [2.05, 4.69) is 20.2 Å². The minimum Gasteiger partial charge on any atom is -0.461 e. The molecule has 2 bridgehead atoms. The monoisotopic (exact) mass is 637 g/mol. The summed E-state index contributed by atoms with van der Waals surface area (Å²) in [5.41, 5.74) is 2.49. The van der Waals surface area contributed by atoms with E-state index in [0.29, 0.717) is 31.9 Å². The van der Waals surface area contributed by atoms with Crippen LogP contribution in [-0.2, 0) is 6.18 Å². The first-order chi connectivity index (χ1) is 20.9. The maximum Gasteiger partial charge on any atom is 0.418 e. The molecule has 0 amide bonds. The Bertz CT molecular complexity index is 1610. The number of nitrogens with zero attached hydrogens (tertiary/aromatic N) is 5. The lowest BCUT2D eigenvalue weighted by molar-refractivity contribution is -0.137. The fraction of sp³-hybridized carbons (Fsp3) is 0.567. The number of hydrogen-bond donors (Lipinski definition) is 2. The first kappa shape index (κ1) is 29.7. The zero-order valence-electron chi connectivity index (χ0n) is 24.2. The van der Waals surface area contributed by atoms with E-state index in [1.807, 2.05) is 4.90 Å². The number of nitrogens with two attached hydrogens (primary N) is 1. The van der Waals surface area contributed by atoms with E-state index in [4.69, 9.17) is 27.1 Å². The summed E-state index contributed by atoms with van der Waals surface area (Å²) in [6, 6.07) is 2.77. The summed E-state index contributed by atoms with van der Waals surface area (Å²) in [5.74, 6) is -0.896. The molecule has 4 fully saturated rings. The molecule has 14 heteroatoms. The number of aryl methyl sites for hydroxylation is 1. The van der Waals surface area contributed by atoms with E-state index in [-0.39, 0.29) is 52.0 Å². The van der Waals surface area contributed by atoms with Gasteiger partial charge in [-0.2, -0.15) is 23.1 Å². The Kier molecular flexibility index (Phi) is 7.28. The van der Waals surface area contributed by atoms with Gasteiger partial charge in [0, 0.05) is 43.5 Å². The van der Waals surface area contributed by atoms with Crippen molar-refractivity contribution in [3.63, 3.8) is 0 Å². The number of hydrogen-bond acceptors (Lipinski definition) is 8. The third-order valence-electron chi connectivity index (χ3n) is 9.59. The van der Waals surface area contributed by atoms with Crippen molar-refractivity contribution in [3.05, 3.63) is 34.1 Å². The number of rotatable bonds is 5. The molecule has 3 unspecified atom stereocenters. The number of anilines is 2. The van der Waals surface area contributed by atoms with Crippen LogP contribution in [0.5, 0.6) is 6.01 Å². The molecule has 3 N–H and O–H groups in total. The Morgan fingerprint density at radius 3 is 2.59 bits per heavy atom. The van der Waals surface area contributed by atoms with Crippen LogP contribution in [0.15, 0.2) is 12.1 Å². The Balaban J connectivity index is 1.38. The first-order valence-corrected chi connectivity index (χ1v) is 15.4. The second-order valence-electron chi connectivity index (χ2n) is 12.6. The predicted molar refractivity (Wildman–Crippen MR) is 157 cm³/mol. The van der Waals surface area contributed by atoms with E-state index >= 15 is 4.39 Å². The minimum atomic E-state index is -4.85. The normalized spacial score (nSPS) is 27.2. The van der Waals surface area contributed by atoms with Crippen molar-refractivity contribution >= 4 is 34.1 Å². The average molecular weight is 638 g/mol. The van der Waals surface area contributed by atoms with Crippen molar-refractivity contribution < 1.29 is 26.7 Å². The maximum atomic E-state index is 16.6. The van der Waals surface area contributed by atoms with Crippen molar-refractivity contribution in [1.82, 2.24) is 25.2 Å².